The van der Waals surface area contributed by atoms with Gasteiger partial charge in [0.25, 0.3) is 0 Å². The minimum atomic E-state index is -1.39. The normalized spacial score (nSPS) is 25.7. The molecule has 1 aromatic heterocycles. The first-order valence-corrected chi connectivity index (χ1v) is 9.12. The molecule has 9 nitrogen and oxygen atoms in total. The number of nitrogens with zero attached hydrogens (tertiary/aromatic N) is 2. The van der Waals surface area contributed by atoms with Crippen molar-refractivity contribution in [3.8, 4) is 0 Å². The maximum absolute atomic E-state index is 12.2. The van der Waals surface area contributed by atoms with Gasteiger partial charge in [0.1, 0.15) is 24.1 Å². The van der Waals surface area contributed by atoms with E-state index in [1.165, 1.54) is 6.20 Å². The summed E-state index contributed by atoms with van der Waals surface area (Å²) in [5, 5.41) is 29.3. The van der Waals surface area contributed by atoms with Gasteiger partial charge in [-0.15, -0.1) is 0 Å². The Morgan fingerprint density at radius 3 is 2.61 bits per heavy atom. The summed E-state index contributed by atoms with van der Waals surface area (Å²) in [6, 6.07) is 9.72. The maximum Gasteiger partial charge on any atom is 0.351 e. The molecule has 0 radical (unpaired) electrons. The largest absolute Gasteiger partial charge is 0.394 e. The molecule has 0 aliphatic carbocycles. The summed E-state index contributed by atoms with van der Waals surface area (Å²) >= 11 is 0. The number of hydrogen-bond acceptors (Lipinski definition) is 8. The average molecular weight is 391 g/mol. The molecule has 1 aliphatic rings. The van der Waals surface area contributed by atoms with Gasteiger partial charge in [-0.05, 0) is 12.0 Å². The van der Waals surface area contributed by atoms with Crippen LogP contribution in [0.4, 0.5) is 5.82 Å². The number of rotatable bonds is 7. The Morgan fingerprint density at radius 1 is 1.29 bits per heavy atom. The van der Waals surface area contributed by atoms with E-state index in [1.807, 2.05) is 37.3 Å². The van der Waals surface area contributed by atoms with Crippen molar-refractivity contribution in [1.82, 2.24) is 9.55 Å². The molecule has 0 bridgehead atoms. The van der Waals surface area contributed by atoms with Crippen LogP contribution in [0.15, 0.2) is 41.3 Å². The zero-order valence-corrected chi connectivity index (χ0v) is 15.5. The number of nitrogen functional groups attached to an aromatic ring is 1. The third kappa shape index (κ3) is 4.08. The lowest BCUT2D eigenvalue weighted by Crippen LogP contribution is -2.36. The van der Waals surface area contributed by atoms with E-state index in [0.717, 1.165) is 16.6 Å². The molecule has 5 N–H and O–H groups in total. The lowest BCUT2D eigenvalue weighted by atomic mass is 10.1. The van der Waals surface area contributed by atoms with Crippen LogP contribution >= 0.6 is 0 Å². The quantitative estimate of drug-likeness (QED) is 0.521. The van der Waals surface area contributed by atoms with Crippen LogP contribution in [0.3, 0.4) is 0 Å². The molecular formula is C19H25N3O6. The molecule has 1 saturated heterocycles. The Bertz CT molecular complexity index is 843. The third-order valence-corrected chi connectivity index (χ3v) is 4.83. The lowest BCUT2D eigenvalue weighted by Gasteiger charge is -2.20. The molecule has 5 atom stereocenters. The lowest BCUT2D eigenvalue weighted by molar-refractivity contribution is -0.0553. The van der Waals surface area contributed by atoms with Gasteiger partial charge in [-0.3, -0.25) is 4.57 Å². The van der Waals surface area contributed by atoms with Crippen molar-refractivity contribution in [2.45, 2.75) is 50.6 Å². The minimum Gasteiger partial charge on any atom is -0.394 e. The summed E-state index contributed by atoms with van der Waals surface area (Å²) in [6.45, 7) is 1.61. The molecule has 1 aliphatic heterocycles. The molecule has 1 unspecified atom stereocenters. The number of aromatic nitrogens is 2. The molecule has 9 heteroatoms. The predicted molar refractivity (Wildman–Crippen MR) is 100 cm³/mol. The van der Waals surface area contributed by atoms with Crippen molar-refractivity contribution in [3.63, 3.8) is 0 Å². The summed E-state index contributed by atoms with van der Waals surface area (Å²) in [5.41, 5.74) is 6.62. The van der Waals surface area contributed by atoms with Gasteiger partial charge >= 0.3 is 5.69 Å². The first kappa shape index (κ1) is 20.4. The summed E-state index contributed by atoms with van der Waals surface area (Å²) in [4.78, 5) is 16.0. The van der Waals surface area contributed by atoms with E-state index < -0.39 is 36.8 Å². The molecule has 0 amide bonds. The van der Waals surface area contributed by atoms with Gasteiger partial charge in [-0.25, -0.2) is 4.79 Å². The zero-order chi connectivity index (χ0) is 20.3. The van der Waals surface area contributed by atoms with Gasteiger partial charge in [0.05, 0.1) is 19.3 Å². The number of benzene rings is 1. The fraction of sp³-hybridized carbons (Fsp3) is 0.474. The highest BCUT2D eigenvalue weighted by atomic mass is 16.6. The maximum atomic E-state index is 12.2. The average Bonchev–Trinajstić information content (AvgIpc) is 2.99. The van der Waals surface area contributed by atoms with Crippen molar-refractivity contribution >= 4 is 5.82 Å². The van der Waals surface area contributed by atoms with Crippen LogP contribution in [0.1, 0.15) is 36.8 Å². The van der Waals surface area contributed by atoms with Crippen molar-refractivity contribution in [2.24, 2.45) is 0 Å². The van der Waals surface area contributed by atoms with Crippen LogP contribution in [0.2, 0.25) is 0 Å². The highest BCUT2D eigenvalue weighted by Gasteiger charge is 2.43. The van der Waals surface area contributed by atoms with E-state index in [4.69, 9.17) is 15.2 Å². The van der Waals surface area contributed by atoms with E-state index >= 15 is 0 Å². The molecule has 28 heavy (non-hydrogen) atoms. The van der Waals surface area contributed by atoms with E-state index in [9.17, 15) is 20.1 Å². The van der Waals surface area contributed by atoms with Crippen LogP contribution in [-0.2, 0) is 16.1 Å². The molecule has 2 aromatic rings. The van der Waals surface area contributed by atoms with Crippen LogP contribution < -0.4 is 11.4 Å². The second kappa shape index (κ2) is 8.80. The molecule has 1 fully saturated rings. The van der Waals surface area contributed by atoms with Crippen molar-refractivity contribution in [2.75, 3.05) is 12.3 Å². The monoisotopic (exact) mass is 391 g/mol. The summed E-state index contributed by atoms with van der Waals surface area (Å²) < 4.78 is 12.4. The van der Waals surface area contributed by atoms with Gasteiger partial charge in [0.2, 0.25) is 0 Å². The number of aliphatic hydroxyl groups excluding tert-OH is 3. The summed E-state index contributed by atoms with van der Waals surface area (Å²) in [5.74, 6) is 0.0240. The fourth-order valence-electron chi connectivity index (χ4n) is 3.23. The van der Waals surface area contributed by atoms with Crippen molar-refractivity contribution in [3.05, 3.63) is 58.1 Å². The Morgan fingerprint density at radius 2 is 2.00 bits per heavy atom. The Labute approximate surface area is 162 Å². The van der Waals surface area contributed by atoms with Gasteiger partial charge in [-0.1, -0.05) is 37.3 Å². The van der Waals surface area contributed by atoms with Gasteiger partial charge < -0.3 is 30.5 Å². The summed E-state index contributed by atoms with van der Waals surface area (Å²) in [6.07, 6.45) is -2.89. The molecule has 2 heterocycles. The molecule has 3 rings (SSSR count). The predicted octanol–water partition coefficient (Wildman–Crippen LogP) is 0.105. The number of anilines is 1. The number of ether oxygens (including phenoxy) is 2. The smallest absolute Gasteiger partial charge is 0.351 e. The Kier molecular flexibility index (Phi) is 6.42. The van der Waals surface area contributed by atoms with Crippen LogP contribution in [-0.4, -0.2) is 49.8 Å². The van der Waals surface area contributed by atoms with Gasteiger partial charge in [-0.2, -0.15) is 4.98 Å². The second-order valence-electron chi connectivity index (χ2n) is 6.69. The molecular weight excluding hydrogens is 366 g/mol. The third-order valence-electron chi connectivity index (χ3n) is 4.83. The van der Waals surface area contributed by atoms with Crippen molar-refractivity contribution in [1.29, 1.82) is 0 Å². The van der Waals surface area contributed by atoms with E-state index in [-0.39, 0.29) is 18.5 Å². The summed E-state index contributed by atoms with van der Waals surface area (Å²) in [7, 11) is 0. The highest BCUT2D eigenvalue weighted by molar-refractivity contribution is 5.36. The molecule has 152 valence electrons. The fourth-order valence-corrected chi connectivity index (χ4v) is 3.23. The highest BCUT2D eigenvalue weighted by Crippen LogP contribution is 2.29. The number of nitrogens with two attached hydrogens (primary N) is 1. The SMILES string of the molecule is CCC(OCc1cn([C@@H]2O[C@H](CO)[C@@H](O)[C@H]2O)c(=O)nc1N)c1ccccc1. The van der Waals surface area contributed by atoms with Crippen molar-refractivity contribution < 1.29 is 24.8 Å². The minimum absolute atomic E-state index is 0.0240. The Hall–Kier alpha value is -2.30. The topological polar surface area (TPSA) is 140 Å². The van der Waals surface area contributed by atoms with Gasteiger partial charge in [0.15, 0.2) is 6.23 Å². The van der Waals surface area contributed by atoms with Crippen LogP contribution in [0.5, 0.6) is 0 Å². The number of hydrogen-bond donors (Lipinski definition) is 4. The molecule has 0 saturated carbocycles. The Balaban J connectivity index is 1.81. The van der Waals surface area contributed by atoms with Crippen LogP contribution in [0, 0.1) is 0 Å². The van der Waals surface area contributed by atoms with E-state index in [1.54, 1.807) is 0 Å². The standard InChI is InChI=1S/C19H25N3O6/c1-2-13(11-6-4-3-5-7-11)27-10-12-8-22(19(26)21-17(12)20)18-16(25)15(24)14(9-23)28-18/h3-8,13-16,18,23-25H,2,9-10H2,1H3,(H2,20,21,26)/t13?,14-,15-,16-,18-/m1/s1. The molecule has 0 spiro atoms. The van der Waals surface area contributed by atoms with Crippen LogP contribution in [0.25, 0.3) is 0 Å². The number of aliphatic hydroxyl groups is 3. The second-order valence-corrected chi connectivity index (χ2v) is 6.69. The molecule has 1 aromatic carbocycles. The van der Waals surface area contributed by atoms with Gasteiger partial charge in [0, 0.05) is 11.8 Å². The first-order valence-electron chi connectivity index (χ1n) is 9.12. The zero-order valence-electron chi connectivity index (χ0n) is 15.5. The van der Waals surface area contributed by atoms with E-state index in [2.05, 4.69) is 4.98 Å². The first-order chi connectivity index (χ1) is 13.5. The van der Waals surface area contributed by atoms with E-state index in [0.29, 0.717) is 5.56 Å².